The first-order valence-electron chi connectivity index (χ1n) is 5.61. The summed E-state index contributed by atoms with van der Waals surface area (Å²) in [5.41, 5.74) is 6.39. The predicted molar refractivity (Wildman–Crippen MR) is 71.0 cm³/mol. The first kappa shape index (κ1) is 11.5. The van der Waals surface area contributed by atoms with E-state index in [4.69, 9.17) is 10.5 Å². The largest absolute Gasteiger partial charge is 0.495 e. The van der Waals surface area contributed by atoms with Crippen molar-refractivity contribution in [3.8, 4) is 17.6 Å². The molecule has 0 unspecified atom stereocenters. The van der Waals surface area contributed by atoms with Gasteiger partial charge in [0.15, 0.2) is 0 Å². The molecule has 2 rings (SSSR count). The summed E-state index contributed by atoms with van der Waals surface area (Å²) >= 11 is 0. The third-order valence-corrected chi connectivity index (χ3v) is 2.59. The van der Waals surface area contributed by atoms with Gasteiger partial charge in [-0.15, -0.1) is 0 Å². The van der Waals surface area contributed by atoms with Crippen LogP contribution in [0.4, 0.5) is 0 Å². The molecule has 0 aliphatic carbocycles. The van der Waals surface area contributed by atoms with E-state index in [-0.39, 0.29) is 0 Å². The van der Waals surface area contributed by atoms with Gasteiger partial charge in [0.25, 0.3) is 0 Å². The van der Waals surface area contributed by atoms with Crippen molar-refractivity contribution in [1.29, 1.82) is 0 Å². The normalized spacial score (nSPS) is 9.76. The van der Waals surface area contributed by atoms with Crippen LogP contribution >= 0.6 is 0 Å². The molecule has 0 bridgehead atoms. The van der Waals surface area contributed by atoms with E-state index >= 15 is 0 Å². The van der Waals surface area contributed by atoms with E-state index in [1.807, 2.05) is 24.3 Å². The van der Waals surface area contributed by atoms with E-state index in [1.54, 1.807) is 7.11 Å². The maximum Gasteiger partial charge on any atom is 0.135 e. The lowest BCUT2D eigenvalue weighted by molar-refractivity contribution is 0.414. The first-order valence-corrected chi connectivity index (χ1v) is 5.61. The van der Waals surface area contributed by atoms with Crippen molar-refractivity contribution < 1.29 is 4.74 Å². The predicted octanol–water partition coefficient (Wildman–Crippen LogP) is 2.55. The zero-order chi connectivity index (χ0) is 12.1. The summed E-state index contributed by atoms with van der Waals surface area (Å²) in [5.74, 6) is 7.03. The van der Waals surface area contributed by atoms with Gasteiger partial charge in [-0.2, -0.15) is 0 Å². The molecule has 0 spiro atoms. The summed E-state index contributed by atoms with van der Waals surface area (Å²) in [7, 11) is 1.66. The second-order valence-electron chi connectivity index (χ2n) is 3.70. The van der Waals surface area contributed by atoms with Gasteiger partial charge in [0.2, 0.25) is 0 Å². The Morgan fingerprint density at radius 3 is 2.76 bits per heavy atom. The highest BCUT2D eigenvalue weighted by Gasteiger charge is 2.04. The van der Waals surface area contributed by atoms with Gasteiger partial charge in [-0.1, -0.05) is 42.2 Å². The van der Waals surface area contributed by atoms with Crippen molar-refractivity contribution in [3.05, 3.63) is 42.0 Å². The van der Waals surface area contributed by atoms with Crippen LogP contribution in [0.2, 0.25) is 0 Å². The molecule has 0 heterocycles. The van der Waals surface area contributed by atoms with Gasteiger partial charge in [0.05, 0.1) is 12.7 Å². The molecule has 0 saturated heterocycles. The third-order valence-electron chi connectivity index (χ3n) is 2.59. The molecular weight excluding hydrogens is 210 g/mol. The zero-order valence-corrected chi connectivity index (χ0v) is 9.86. The Balaban J connectivity index is 2.60. The molecule has 0 fully saturated rings. The molecule has 2 nitrogen and oxygen atoms in total. The lowest BCUT2D eigenvalue weighted by Gasteiger charge is -2.06. The Bertz CT molecular complexity index is 578. The van der Waals surface area contributed by atoms with E-state index < -0.39 is 0 Å². The molecular formula is C15H15NO. The van der Waals surface area contributed by atoms with Crippen LogP contribution in [0.5, 0.6) is 5.75 Å². The first-order chi connectivity index (χ1) is 8.36. The smallest absolute Gasteiger partial charge is 0.135 e. The summed E-state index contributed by atoms with van der Waals surface area (Å²) in [5, 5.41) is 2.29. The molecule has 17 heavy (non-hydrogen) atoms. The number of hydrogen-bond acceptors (Lipinski definition) is 2. The van der Waals surface area contributed by atoms with Crippen molar-refractivity contribution in [3.63, 3.8) is 0 Å². The number of fused-ring (bicyclic) bond motifs is 1. The minimum Gasteiger partial charge on any atom is -0.495 e. The maximum atomic E-state index is 5.44. The van der Waals surface area contributed by atoms with Gasteiger partial charge in [-0.3, -0.25) is 0 Å². The fourth-order valence-electron chi connectivity index (χ4n) is 1.77. The number of rotatable bonds is 2. The van der Waals surface area contributed by atoms with Crippen LogP contribution in [0.15, 0.2) is 36.4 Å². The van der Waals surface area contributed by atoms with Gasteiger partial charge >= 0.3 is 0 Å². The quantitative estimate of drug-likeness (QED) is 0.797. The molecule has 0 radical (unpaired) electrons. The Morgan fingerprint density at radius 2 is 2.00 bits per heavy atom. The van der Waals surface area contributed by atoms with E-state index in [0.717, 1.165) is 16.7 Å². The molecule has 0 saturated carbocycles. The fourth-order valence-corrected chi connectivity index (χ4v) is 1.77. The molecule has 2 aromatic rings. The standard InChI is InChI=1S/C15H15NO/c1-17-15-10-9-12-6-2-3-7-13(12)14(15)8-4-5-11-16/h2-3,6-7,9-10H,5,11,16H2,1H3. The number of hydrogen-bond donors (Lipinski definition) is 1. The molecule has 0 aliphatic rings. The van der Waals surface area contributed by atoms with Crippen molar-refractivity contribution in [2.75, 3.05) is 13.7 Å². The van der Waals surface area contributed by atoms with Gasteiger partial charge in [0.1, 0.15) is 5.75 Å². The summed E-state index contributed by atoms with van der Waals surface area (Å²) in [4.78, 5) is 0. The molecule has 0 atom stereocenters. The van der Waals surface area contributed by atoms with Gasteiger partial charge in [-0.25, -0.2) is 0 Å². The van der Waals surface area contributed by atoms with Crippen LogP contribution in [0.25, 0.3) is 10.8 Å². The minimum atomic E-state index is 0.583. The molecule has 2 N–H and O–H groups in total. The van der Waals surface area contributed by atoms with Gasteiger partial charge in [-0.05, 0) is 11.5 Å². The Kier molecular flexibility index (Phi) is 3.64. The van der Waals surface area contributed by atoms with Crippen molar-refractivity contribution in [2.45, 2.75) is 6.42 Å². The second-order valence-corrected chi connectivity index (χ2v) is 3.70. The van der Waals surface area contributed by atoms with Crippen LogP contribution in [-0.4, -0.2) is 13.7 Å². The third kappa shape index (κ3) is 2.41. The molecule has 86 valence electrons. The van der Waals surface area contributed by atoms with Crippen LogP contribution in [0, 0.1) is 11.8 Å². The average Bonchev–Trinajstić information content (AvgIpc) is 2.39. The van der Waals surface area contributed by atoms with Crippen molar-refractivity contribution >= 4 is 10.8 Å². The highest BCUT2D eigenvalue weighted by atomic mass is 16.5. The Morgan fingerprint density at radius 1 is 1.18 bits per heavy atom. The fraction of sp³-hybridized carbons (Fsp3) is 0.200. The van der Waals surface area contributed by atoms with E-state index in [9.17, 15) is 0 Å². The van der Waals surface area contributed by atoms with Crippen molar-refractivity contribution in [1.82, 2.24) is 0 Å². The molecule has 0 aromatic heterocycles. The maximum absolute atomic E-state index is 5.44. The molecule has 2 aromatic carbocycles. The molecule has 2 heteroatoms. The minimum absolute atomic E-state index is 0.583. The highest BCUT2D eigenvalue weighted by Crippen LogP contribution is 2.26. The van der Waals surface area contributed by atoms with Gasteiger partial charge in [0, 0.05) is 18.4 Å². The van der Waals surface area contributed by atoms with Crippen LogP contribution in [0.1, 0.15) is 12.0 Å². The van der Waals surface area contributed by atoms with E-state index in [0.29, 0.717) is 13.0 Å². The van der Waals surface area contributed by atoms with Crippen LogP contribution in [-0.2, 0) is 0 Å². The lowest BCUT2D eigenvalue weighted by Crippen LogP contribution is -1.95. The van der Waals surface area contributed by atoms with E-state index in [2.05, 4.69) is 24.0 Å². The number of ether oxygens (including phenoxy) is 1. The van der Waals surface area contributed by atoms with Gasteiger partial charge < -0.3 is 10.5 Å². The number of benzene rings is 2. The zero-order valence-electron chi connectivity index (χ0n) is 9.86. The molecule has 0 aliphatic heterocycles. The summed E-state index contributed by atoms with van der Waals surface area (Å²) < 4.78 is 5.35. The van der Waals surface area contributed by atoms with Crippen molar-refractivity contribution in [2.24, 2.45) is 5.73 Å². The summed E-state index contributed by atoms with van der Waals surface area (Å²) in [6.07, 6.45) is 0.701. The average molecular weight is 225 g/mol. The van der Waals surface area contributed by atoms with Crippen LogP contribution < -0.4 is 10.5 Å². The van der Waals surface area contributed by atoms with Crippen LogP contribution in [0.3, 0.4) is 0 Å². The SMILES string of the molecule is COc1ccc2ccccc2c1C#CCCN. The second kappa shape index (κ2) is 5.38. The summed E-state index contributed by atoms with van der Waals surface area (Å²) in [6, 6.07) is 12.2. The Labute approximate surface area is 101 Å². The number of nitrogens with two attached hydrogens (primary N) is 1. The molecule has 0 amide bonds. The Hall–Kier alpha value is -1.98. The highest BCUT2D eigenvalue weighted by molar-refractivity contribution is 5.90. The van der Waals surface area contributed by atoms with E-state index in [1.165, 1.54) is 5.39 Å². The lowest BCUT2D eigenvalue weighted by atomic mass is 10.0. The topological polar surface area (TPSA) is 35.2 Å². The summed E-state index contributed by atoms with van der Waals surface area (Å²) in [6.45, 7) is 0.583. The number of methoxy groups -OCH3 is 1. The monoisotopic (exact) mass is 225 g/mol.